The lowest BCUT2D eigenvalue weighted by Gasteiger charge is -2.28. The first-order valence-corrected chi connectivity index (χ1v) is 8.01. The van der Waals surface area contributed by atoms with Crippen molar-refractivity contribution in [3.8, 4) is 0 Å². The first-order valence-electron chi connectivity index (χ1n) is 8.01. The fraction of sp³-hybridized carbons (Fsp3) is 0.500. The Morgan fingerprint density at radius 2 is 2.14 bits per heavy atom. The normalized spacial score (nSPS) is 24.1. The number of fused-ring (bicyclic) bond motifs is 1. The third-order valence-electron chi connectivity index (χ3n) is 4.59. The molecule has 3 heteroatoms. The summed E-state index contributed by atoms with van der Waals surface area (Å²) >= 11 is 0. The first kappa shape index (κ1) is 14.5. The van der Waals surface area contributed by atoms with Crippen molar-refractivity contribution in [2.45, 2.75) is 38.2 Å². The third-order valence-corrected chi connectivity index (χ3v) is 4.59. The average molecular weight is 284 g/mol. The Morgan fingerprint density at radius 3 is 3.00 bits per heavy atom. The Kier molecular flexibility index (Phi) is 4.22. The number of aromatic nitrogens is 1. The van der Waals surface area contributed by atoms with Crippen molar-refractivity contribution in [1.29, 1.82) is 0 Å². The van der Waals surface area contributed by atoms with Gasteiger partial charge < -0.3 is 10.0 Å². The molecule has 3 nitrogen and oxygen atoms in total. The van der Waals surface area contributed by atoms with Gasteiger partial charge in [0.2, 0.25) is 0 Å². The fourth-order valence-corrected chi connectivity index (χ4v) is 3.37. The van der Waals surface area contributed by atoms with E-state index >= 15 is 0 Å². The maximum atomic E-state index is 11.1. The smallest absolute Gasteiger partial charge is 0.0909 e. The summed E-state index contributed by atoms with van der Waals surface area (Å²) in [6, 6.07) is 10.2. The van der Waals surface area contributed by atoms with E-state index in [-0.39, 0.29) is 0 Å². The molecule has 1 aromatic carbocycles. The fourth-order valence-electron chi connectivity index (χ4n) is 3.37. The number of aliphatic hydroxyl groups is 1. The predicted molar refractivity (Wildman–Crippen MR) is 86.2 cm³/mol. The van der Waals surface area contributed by atoms with Gasteiger partial charge in [-0.2, -0.15) is 0 Å². The van der Waals surface area contributed by atoms with Crippen molar-refractivity contribution in [3.63, 3.8) is 0 Å². The second-order valence-electron chi connectivity index (χ2n) is 6.14. The van der Waals surface area contributed by atoms with Gasteiger partial charge in [0.05, 0.1) is 11.1 Å². The van der Waals surface area contributed by atoms with Crippen molar-refractivity contribution >= 4 is 10.9 Å². The number of nitrogens with zero attached hydrogens (tertiary/aromatic N) is 2. The second-order valence-corrected chi connectivity index (χ2v) is 6.14. The van der Waals surface area contributed by atoms with E-state index in [0.29, 0.717) is 0 Å². The van der Waals surface area contributed by atoms with Gasteiger partial charge in [-0.15, -0.1) is 0 Å². The number of pyridine rings is 1. The second kappa shape index (κ2) is 6.12. The molecule has 1 aliphatic heterocycles. The van der Waals surface area contributed by atoms with E-state index in [1.54, 1.807) is 0 Å². The zero-order valence-electron chi connectivity index (χ0n) is 12.8. The quantitative estimate of drug-likeness (QED) is 0.939. The highest BCUT2D eigenvalue weighted by molar-refractivity contribution is 5.79. The summed E-state index contributed by atoms with van der Waals surface area (Å²) in [4.78, 5) is 6.83. The number of rotatable bonds is 3. The van der Waals surface area contributed by atoms with Crippen LogP contribution in [-0.4, -0.2) is 34.6 Å². The number of hydrogen-bond acceptors (Lipinski definition) is 3. The molecular formula is C18H24N2O. The van der Waals surface area contributed by atoms with Crippen LogP contribution in [0.25, 0.3) is 10.9 Å². The Labute approximate surface area is 126 Å². The van der Waals surface area contributed by atoms with Crippen LogP contribution in [-0.2, 0) is 5.60 Å². The monoisotopic (exact) mass is 284 g/mol. The zero-order valence-corrected chi connectivity index (χ0v) is 12.8. The standard InChI is InChI=1S/C18H24N2O/c1-2-11-20-12-4-8-18(21,9-13-20)16-6-7-17-15(14-16)5-3-10-19-17/h3,5-7,10,14,21H,2,4,8-9,11-13H2,1H3. The molecule has 1 fully saturated rings. The predicted octanol–water partition coefficient (Wildman–Crippen LogP) is 3.32. The van der Waals surface area contributed by atoms with Gasteiger partial charge in [0.15, 0.2) is 0 Å². The lowest BCUT2D eigenvalue weighted by molar-refractivity contribution is 0.0213. The van der Waals surface area contributed by atoms with Crippen LogP contribution in [0.4, 0.5) is 0 Å². The molecule has 112 valence electrons. The molecule has 0 bridgehead atoms. The molecule has 2 aromatic rings. The summed E-state index contributed by atoms with van der Waals surface area (Å²) in [7, 11) is 0. The topological polar surface area (TPSA) is 36.4 Å². The van der Waals surface area contributed by atoms with Gasteiger partial charge in [0.25, 0.3) is 0 Å². The van der Waals surface area contributed by atoms with E-state index < -0.39 is 5.60 Å². The highest BCUT2D eigenvalue weighted by Crippen LogP contribution is 2.34. The molecule has 0 radical (unpaired) electrons. The lowest BCUT2D eigenvalue weighted by atomic mass is 9.86. The summed E-state index contributed by atoms with van der Waals surface area (Å²) in [5, 5.41) is 12.2. The molecule has 1 saturated heterocycles. The molecule has 0 saturated carbocycles. The Hall–Kier alpha value is -1.45. The zero-order chi connectivity index (χ0) is 14.7. The van der Waals surface area contributed by atoms with E-state index in [1.807, 2.05) is 24.4 Å². The summed E-state index contributed by atoms with van der Waals surface area (Å²) < 4.78 is 0. The molecule has 0 spiro atoms. The Balaban J connectivity index is 1.85. The summed E-state index contributed by atoms with van der Waals surface area (Å²) in [5.74, 6) is 0. The minimum atomic E-state index is -0.688. The van der Waals surface area contributed by atoms with Crippen LogP contribution in [0.15, 0.2) is 36.5 Å². The van der Waals surface area contributed by atoms with Gasteiger partial charge >= 0.3 is 0 Å². The molecule has 1 unspecified atom stereocenters. The van der Waals surface area contributed by atoms with Gasteiger partial charge in [-0.25, -0.2) is 0 Å². The summed E-state index contributed by atoms with van der Waals surface area (Å²) in [6.45, 7) is 5.44. The van der Waals surface area contributed by atoms with Crippen LogP contribution in [0.5, 0.6) is 0 Å². The van der Waals surface area contributed by atoms with Gasteiger partial charge in [-0.05, 0) is 62.5 Å². The van der Waals surface area contributed by atoms with Crippen molar-refractivity contribution < 1.29 is 5.11 Å². The SMILES string of the molecule is CCCN1CCCC(O)(c2ccc3ncccc3c2)CC1. The maximum absolute atomic E-state index is 11.1. The summed E-state index contributed by atoms with van der Waals surface area (Å²) in [6.07, 6.45) is 5.71. The van der Waals surface area contributed by atoms with Crippen LogP contribution in [0, 0.1) is 0 Å². The molecule has 0 amide bonds. The number of likely N-dealkylation sites (tertiary alicyclic amines) is 1. The molecule has 1 N–H and O–H groups in total. The minimum absolute atomic E-state index is 0.688. The third kappa shape index (κ3) is 3.09. The van der Waals surface area contributed by atoms with Crippen LogP contribution in [0.2, 0.25) is 0 Å². The highest BCUT2D eigenvalue weighted by Gasteiger charge is 2.31. The van der Waals surface area contributed by atoms with E-state index in [1.165, 1.54) is 6.42 Å². The van der Waals surface area contributed by atoms with Crippen LogP contribution < -0.4 is 0 Å². The van der Waals surface area contributed by atoms with Crippen molar-refractivity contribution in [2.75, 3.05) is 19.6 Å². The molecule has 2 heterocycles. The van der Waals surface area contributed by atoms with E-state index in [0.717, 1.165) is 55.4 Å². The molecule has 1 atom stereocenters. The Morgan fingerprint density at radius 1 is 1.24 bits per heavy atom. The maximum Gasteiger partial charge on any atom is 0.0909 e. The number of hydrogen-bond donors (Lipinski definition) is 1. The van der Waals surface area contributed by atoms with Crippen molar-refractivity contribution in [1.82, 2.24) is 9.88 Å². The molecule has 0 aliphatic carbocycles. The van der Waals surface area contributed by atoms with E-state index in [4.69, 9.17) is 0 Å². The van der Waals surface area contributed by atoms with E-state index in [9.17, 15) is 5.11 Å². The highest BCUT2D eigenvalue weighted by atomic mass is 16.3. The first-order chi connectivity index (χ1) is 10.2. The lowest BCUT2D eigenvalue weighted by Crippen LogP contribution is -2.29. The van der Waals surface area contributed by atoms with Gasteiger partial charge in [0.1, 0.15) is 0 Å². The van der Waals surface area contributed by atoms with Crippen molar-refractivity contribution in [2.24, 2.45) is 0 Å². The molecule has 3 rings (SSSR count). The van der Waals surface area contributed by atoms with Crippen molar-refractivity contribution in [3.05, 3.63) is 42.1 Å². The van der Waals surface area contributed by atoms with Crippen LogP contribution >= 0.6 is 0 Å². The Bertz CT molecular complexity index is 613. The average Bonchev–Trinajstić information content (AvgIpc) is 2.70. The van der Waals surface area contributed by atoms with Gasteiger partial charge in [-0.1, -0.05) is 19.1 Å². The molecular weight excluding hydrogens is 260 g/mol. The minimum Gasteiger partial charge on any atom is -0.385 e. The molecule has 1 aliphatic rings. The molecule has 1 aromatic heterocycles. The largest absolute Gasteiger partial charge is 0.385 e. The summed E-state index contributed by atoms with van der Waals surface area (Å²) in [5.41, 5.74) is 1.35. The van der Waals surface area contributed by atoms with Crippen LogP contribution in [0.3, 0.4) is 0 Å². The number of benzene rings is 1. The molecule has 21 heavy (non-hydrogen) atoms. The van der Waals surface area contributed by atoms with Gasteiger partial charge in [0, 0.05) is 18.1 Å². The van der Waals surface area contributed by atoms with Gasteiger partial charge in [-0.3, -0.25) is 4.98 Å². The van der Waals surface area contributed by atoms with Crippen LogP contribution in [0.1, 0.15) is 38.2 Å². The van der Waals surface area contributed by atoms with E-state index in [2.05, 4.69) is 28.9 Å².